The molecule has 0 spiro atoms. The number of carboxylic acids is 1. The Bertz CT molecular complexity index is 1670. The number of hydrogen-bond acceptors (Lipinski definition) is 5. The molecule has 0 amide bonds. The highest BCUT2D eigenvalue weighted by molar-refractivity contribution is 5.92. The standard InChI is InChI=1S/C26H22N4O.C2HF3O2/c1-16(2)19-5-8-23-21(15-19)22(26(31)28-23)13-18-3-6-20-24(29-30-25(20)14-18)7-4-17-9-11-27-12-10-17;3-2(4,5)1(6)7/h3-16,28,31H,1-2H3;(H,6,7)/b7-4+,18-13?;. The second-order valence-corrected chi connectivity index (χ2v) is 8.77. The number of aromatic nitrogens is 2. The van der Waals surface area contributed by atoms with Crippen molar-refractivity contribution in [2.75, 3.05) is 0 Å². The maximum Gasteiger partial charge on any atom is 0.490 e. The zero-order valence-electron chi connectivity index (χ0n) is 20.4. The van der Waals surface area contributed by atoms with Crippen LogP contribution in [-0.2, 0) is 4.79 Å². The third-order valence-electron chi connectivity index (χ3n) is 5.77. The Balaban J connectivity index is 0.000000426. The number of alkyl halides is 3. The van der Waals surface area contributed by atoms with Gasteiger partial charge in [0.15, 0.2) is 5.88 Å². The summed E-state index contributed by atoms with van der Waals surface area (Å²) in [6.45, 7) is 4.33. The van der Waals surface area contributed by atoms with Gasteiger partial charge in [-0.2, -0.15) is 13.2 Å². The molecule has 0 bridgehead atoms. The molecular formula is C28H23F3N4O3. The number of nitrogens with one attached hydrogen (secondary N) is 1. The number of benzene rings is 2. The predicted molar refractivity (Wildman–Crippen MR) is 138 cm³/mol. The highest BCUT2D eigenvalue weighted by Gasteiger charge is 2.38. The van der Waals surface area contributed by atoms with Crippen molar-refractivity contribution in [3.05, 3.63) is 94.1 Å². The van der Waals surface area contributed by atoms with Crippen LogP contribution in [0.25, 0.3) is 28.8 Å². The summed E-state index contributed by atoms with van der Waals surface area (Å²) in [4.78, 5) is 16.0. The summed E-state index contributed by atoms with van der Waals surface area (Å²) in [5.74, 6) is -2.16. The fourth-order valence-corrected chi connectivity index (χ4v) is 3.76. The first-order valence-corrected chi connectivity index (χ1v) is 11.5. The van der Waals surface area contributed by atoms with Crippen molar-refractivity contribution < 1.29 is 28.2 Å². The van der Waals surface area contributed by atoms with Crippen molar-refractivity contribution in [3.8, 4) is 5.88 Å². The van der Waals surface area contributed by atoms with E-state index in [2.05, 4.69) is 46.2 Å². The molecule has 4 aromatic rings. The van der Waals surface area contributed by atoms with Crippen LogP contribution in [0.1, 0.15) is 36.5 Å². The van der Waals surface area contributed by atoms with Crippen molar-refractivity contribution in [3.63, 3.8) is 0 Å². The minimum absolute atomic E-state index is 0.172. The number of aliphatic carboxylic acids is 1. The quantitative estimate of drug-likeness (QED) is 0.317. The van der Waals surface area contributed by atoms with Gasteiger partial charge in [0.25, 0.3) is 0 Å². The average Bonchev–Trinajstić information content (AvgIpc) is 3.42. The van der Waals surface area contributed by atoms with Crippen LogP contribution < -0.4 is 10.4 Å². The molecule has 10 heteroatoms. The minimum atomic E-state index is -5.08. The second kappa shape index (κ2) is 10.7. The molecule has 3 N–H and O–H groups in total. The van der Waals surface area contributed by atoms with E-state index >= 15 is 0 Å². The van der Waals surface area contributed by atoms with Gasteiger partial charge in [-0.3, -0.25) is 4.98 Å². The molecule has 0 aliphatic carbocycles. The number of nitrogens with zero attached hydrogens (tertiary/aromatic N) is 3. The first kappa shape index (κ1) is 26.3. The summed E-state index contributed by atoms with van der Waals surface area (Å²) in [7, 11) is 0. The van der Waals surface area contributed by atoms with Gasteiger partial charge in [0, 0.05) is 34.1 Å². The summed E-state index contributed by atoms with van der Waals surface area (Å²) in [5, 5.41) is 29.2. The van der Waals surface area contributed by atoms with E-state index in [9.17, 15) is 18.3 Å². The summed E-state index contributed by atoms with van der Waals surface area (Å²) in [5.41, 5.74) is 5.66. The molecule has 3 heterocycles. The Morgan fingerprint density at radius 3 is 2.37 bits per heavy atom. The SMILES string of the molecule is CC(C)c1ccc2[nH]c(O)c(C=c3ccc4c(c3)N=NC=4/C=C/c3ccncc3)c2c1.O=C(O)C(F)(F)F. The third kappa shape index (κ3) is 5.97. The first-order chi connectivity index (χ1) is 18.0. The van der Waals surface area contributed by atoms with E-state index < -0.39 is 12.1 Å². The Morgan fingerprint density at radius 2 is 1.71 bits per heavy atom. The minimum Gasteiger partial charge on any atom is -0.494 e. The number of rotatable bonds is 4. The molecule has 0 atom stereocenters. The monoisotopic (exact) mass is 520 g/mol. The lowest BCUT2D eigenvalue weighted by molar-refractivity contribution is -0.192. The van der Waals surface area contributed by atoms with E-state index in [1.54, 1.807) is 12.4 Å². The van der Waals surface area contributed by atoms with Crippen LogP contribution in [0.5, 0.6) is 5.88 Å². The molecule has 2 aromatic carbocycles. The average molecular weight is 521 g/mol. The molecule has 5 rings (SSSR count). The van der Waals surface area contributed by atoms with Crippen LogP contribution in [0.3, 0.4) is 0 Å². The summed E-state index contributed by atoms with van der Waals surface area (Å²) < 4.78 is 31.7. The fourth-order valence-electron chi connectivity index (χ4n) is 3.76. The van der Waals surface area contributed by atoms with Crippen molar-refractivity contribution in [2.24, 2.45) is 10.2 Å². The van der Waals surface area contributed by atoms with Crippen molar-refractivity contribution >= 4 is 40.4 Å². The van der Waals surface area contributed by atoms with Gasteiger partial charge in [0.05, 0.1) is 11.4 Å². The summed E-state index contributed by atoms with van der Waals surface area (Å²) >= 11 is 0. The van der Waals surface area contributed by atoms with Crippen LogP contribution in [0.4, 0.5) is 18.9 Å². The Kier molecular flexibility index (Phi) is 7.43. The van der Waals surface area contributed by atoms with Gasteiger partial charge in [-0.1, -0.05) is 32.1 Å². The molecule has 7 nitrogen and oxygen atoms in total. The molecule has 0 radical (unpaired) electrons. The smallest absolute Gasteiger partial charge is 0.490 e. The maximum absolute atomic E-state index is 10.6. The molecule has 2 aromatic heterocycles. The van der Waals surface area contributed by atoms with Gasteiger partial charge in [-0.05, 0) is 70.8 Å². The number of aromatic hydroxyl groups is 1. The van der Waals surface area contributed by atoms with E-state index in [1.165, 1.54) is 5.56 Å². The Hall–Kier alpha value is -4.73. The number of carbonyl (C=O) groups is 1. The lowest BCUT2D eigenvalue weighted by atomic mass is 10.00. The zero-order chi connectivity index (χ0) is 27.4. The number of aromatic amines is 1. The van der Waals surface area contributed by atoms with Crippen molar-refractivity contribution in [1.82, 2.24) is 9.97 Å². The molecule has 0 saturated carbocycles. The predicted octanol–water partition coefficient (Wildman–Crippen LogP) is 5.77. The highest BCUT2D eigenvalue weighted by Crippen LogP contribution is 2.30. The van der Waals surface area contributed by atoms with Crippen molar-refractivity contribution in [1.29, 1.82) is 0 Å². The van der Waals surface area contributed by atoms with Crippen LogP contribution in [0.2, 0.25) is 0 Å². The van der Waals surface area contributed by atoms with Gasteiger partial charge in [-0.15, -0.1) is 10.2 Å². The zero-order valence-corrected chi connectivity index (χ0v) is 20.4. The van der Waals surface area contributed by atoms with E-state index in [0.29, 0.717) is 5.92 Å². The maximum atomic E-state index is 10.6. The molecular weight excluding hydrogens is 497 g/mol. The Labute approximate surface area is 215 Å². The van der Waals surface area contributed by atoms with Gasteiger partial charge >= 0.3 is 12.1 Å². The van der Waals surface area contributed by atoms with E-state index in [0.717, 1.165) is 43.9 Å². The van der Waals surface area contributed by atoms with E-state index in [-0.39, 0.29) is 5.88 Å². The topological polar surface area (TPSA) is 111 Å². The number of hydrogen-bond donors (Lipinski definition) is 3. The number of halogens is 3. The number of azo groups is 1. The van der Waals surface area contributed by atoms with Crippen LogP contribution in [0, 0.1) is 0 Å². The lowest BCUT2D eigenvalue weighted by Gasteiger charge is -2.05. The number of pyridine rings is 1. The van der Waals surface area contributed by atoms with Crippen molar-refractivity contribution in [2.45, 2.75) is 25.9 Å². The van der Waals surface area contributed by atoms with E-state index in [4.69, 9.17) is 9.90 Å². The van der Waals surface area contributed by atoms with Gasteiger partial charge in [0.1, 0.15) is 0 Å². The third-order valence-corrected chi connectivity index (χ3v) is 5.77. The van der Waals surface area contributed by atoms with Gasteiger partial charge in [-0.25, -0.2) is 4.79 Å². The van der Waals surface area contributed by atoms with Crippen LogP contribution in [-0.4, -0.2) is 32.3 Å². The first-order valence-electron chi connectivity index (χ1n) is 11.5. The summed E-state index contributed by atoms with van der Waals surface area (Å²) in [6.07, 6.45) is 4.40. The number of fused-ring (bicyclic) bond motifs is 2. The second-order valence-electron chi connectivity index (χ2n) is 8.77. The molecule has 0 unspecified atom stereocenters. The van der Waals surface area contributed by atoms with E-state index in [1.807, 2.05) is 54.6 Å². The molecule has 0 saturated heterocycles. The highest BCUT2D eigenvalue weighted by atomic mass is 19.4. The largest absolute Gasteiger partial charge is 0.494 e. The number of carboxylic acid groups (broad SMARTS) is 1. The fraction of sp³-hybridized carbons (Fsp3) is 0.143. The summed E-state index contributed by atoms with van der Waals surface area (Å²) in [6, 6.07) is 16.2. The molecule has 38 heavy (non-hydrogen) atoms. The molecule has 1 aliphatic heterocycles. The van der Waals surface area contributed by atoms with Crippen LogP contribution in [0.15, 0.2) is 77.2 Å². The molecule has 1 aliphatic rings. The molecule has 194 valence electrons. The molecule has 0 fully saturated rings. The lowest BCUT2D eigenvalue weighted by Crippen LogP contribution is -2.21. The van der Waals surface area contributed by atoms with Crippen LogP contribution >= 0.6 is 0 Å². The Morgan fingerprint density at radius 1 is 1.00 bits per heavy atom. The normalized spacial score (nSPS) is 13.3. The number of H-pyrrole nitrogens is 1. The van der Waals surface area contributed by atoms with Gasteiger partial charge < -0.3 is 15.2 Å². The van der Waals surface area contributed by atoms with Gasteiger partial charge in [0.2, 0.25) is 0 Å².